The van der Waals surface area contributed by atoms with Crippen LogP contribution in [0.3, 0.4) is 0 Å². The zero-order valence-electron chi connectivity index (χ0n) is 15.2. The number of hydrogen-bond donors (Lipinski definition) is 1. The Balaban J connectivity index is 2.13. The fraction of sp³-hybridized carbons (Fsp3) is 0.0952. The number of rotatable bonds is 7. The Labute approximate surface area is 173 Å². The highest BCUT2D eigenvalue weighted by molar-refractivity contribution is 7.89. The molecule has 3 aromatic rings. The Morgan fingerprint density at radius 1 is 0.966 bits per heavy atom. The zero-order valence-corrected chi connectivity index (χ0v) is 16.8. The number of benzene rings is 3. The maximum atomic E-state index is 13.4. The number of primary amides is 1. The fourth-order valence-electron chi connectivity index (χ4n) is 2.93. The predicted octanol–water partition coefficient (Wildman–Crippen LogP) is 3.90. The number of sulfonamides is 1. The number of amides is 1. The summed E-state index contributed by atoms with van der Waals surface area (Å²) in [5.41, 5.74) is 6.56. The molecule has 0 aliphatic heterocycles. The smallest absolute Gasteiger partial charge is 0.244 e. The van der Waals surface area contributed by atoms with Crippen LogP contribution in [0.5, 0.6) is 0 Å². The molecule has 2 N–H and O–H groups in total. The lowest BCUT2D eigenvalue weighted by atomic mass is 10.1. The molecule has 0 unspecified atom stereocenters. The van der Waals surface area contributed by atoms with Gasteiger partial charge in [0.25, 0.3) is 0 Å². The van der Waals surface area contributed by atoms with Gasteiger partial charge in [-0.3, -0.25) is 4.79 Å². The Bertz CT molecular complexity index is 1090. The van der Waals surface area contributed by atoms with Crippen LogP contribution in [-0.2, 0) is 21.4 Å². The Morgan fingerprint density at radius 3 is 2.10 bits per heavy atom. The lowest BCUT2D eigenvalue weighted by Gasteiger charge is -2.29. The van der Waals surface area contributed by atoms with Gasteiger partial charge in [-0.1, -0.05) is 54.1 Å². The summed E-state index contributed by atoms with van der Waals surface area (Å²) in [6.07, 6.45) is 0. The van der Waals surface area contributed by atoms with Crippen LogP contribution in [0.15, 0.2) is 83.8 Å². The number of hydrogen-bond acceptors (Lipinski definition) is 3. The highest BCUT2D eigenvalue weighted by Gasteiger charge is 2.36. The molecule has 1 amide bonds. The number of nitrogens with two attached hydrogens (primary N) is 1. The van der Waals surface area contributed by atoms with E-state index in [1.807, 2.05) is 0 Å². The summed E-state index contributed by atoms with van der Waals surface area (Å²) in [5, 5.41) is 0.378. The van der Waals surface area contributed by atoms with E-state index in [4.69, 9.17) is 17.3 Å². The third-order valence-electron chi connectivity index (χ3n) is 4.34. The molecule has 1 atom stereocenters. The summed E-state index contributed by atoms with van der Waals surface area (Å²) in [5.74, 6) is -1.27. The second kappa shape index (κ2) is 8.73. The molecule has 0 spiro atoms. The monoisotopic (exact) mass is 432 g/mol. The molecule has 29 heavy (non-hydrogen) atoms. The standard InChI is InChI=1S/C21H18ClFN2O3S/c22-17-8-12-19(13-9-17)29(27,28)25(14-15-6-10-18(23)11-7-15)20(21(24)26)16-4-2-1-3-5-16/h1-13,20H,14H2,(H2,24,26)/t20-/m1/s1. The van der Waals surface area contributed by atoms with Crippen molar-refractivity contribution in [3.8, 4) is 0 Å². The van der Waals surface area contributed by atoms with Gasteiger partial charge in [0.1, 0.15) is 11.9 Å². The minimum absolute atomic E-state index is 0.0359. The first kappa shape index (κ1) is 21.0. The second-order valence-corrected chi connectivity index (χ2v) is 8.67. The van der Waals surface area contributed by atoms with Gasteiger partial charge in [0, 0.05) is 11.6 Å². The number of halogens is 2. The van der Waals surface area contributed by atoms with E-state index in [1.165, 1.54) is 48.5 Å². The molecule has 0 radical (unpaired) electrons. The Hall–Kier alpha value is -2.74. The summed E-state index contributed by atoms with van der Waals surface area (Å²) < 4.78 is 41.2. The summed E-state index contributed by atoms with van der Waals surface area (Å²) in [7, 11) is -4.14. The van der Waals surface area contributed by atoms with Crippen LogP contribution in [0.2, 0.25) is 5.02 Å². The van der Waals surface area contributed by atoms with E-state index >= 15 is 0 Å². The molecule has 3 rings (SSSR count). The average molecular weight is 433 g/mol. The molecule has 0 aliphatic rings. The fourth-order valence-corrected chi connectivity index (χ4v) is 4.63. The van der Waals surface area contributed by atoms with Gasteiger partial charge in [-0.05, 0) is 47.5 Å². The second-order valence-electron chi connectivity index (χ2n) is 6.35. The van der Waals surface area contributed by atoms with Gasteiger partial charge in [0.2, 0.25) is 15.9 Å². The summed E-state index contributed by atoms with van der Waals surface area (Å²) in [6, 6.07) is 18.1. The summed E-state index contributed by atoms with van der Waals surface area (Å²) in [6.45, 7) is -0.173. The van der Waals surface area contributed by atoms with Crippen molar-refractivity contribution in [3.05, 3.63) is 101 Å². The topological polar surface area (TPSA) is 80.5 Å². The Kier molecular flexibility index (Phi) is 6.32. The van der Waals surface area contributed by atoms with Crippen molar-refractivity contribution in [2.45, 2.75) is 17.5 Å². The van der Waals surface area contributed by atoms with Crippen molar-refractivity contribution in [2.24, 2.45) is 5.73 Å². The molecule has 0 heterocycles. The first-order chi connectivity index (χ1) is 13.8. The van der Waals surface area contributed by atoms with E-state index in [9.17, 15) is 17.6 Å². The van der Waals surface area contributed by atoms with Gasteiger partial charge >= 0.3 is 0 Å². The quantitative estimate of drug-likeness (QED) is 0.614. The minimum Gasteiger partial charge on any atom is -0.368 e. The molecule has 0 aliphatic carbocycles. The van der Waals surface area contributed by atoms with Gasteiger partial charge in [-0.15, -0.1) is 0 Å². The van der Waals surface area contributed by atoms with Crippen molar-refractivity contribution >= 4 is 27.5 Å². The molecule has 0 saturated carbocycles. The number of carbonyl (C=O) groups is 1. The van der Waals surface area contributed by atoms with Crippen LogP contribution in [0.25, 0.3) is 0 Å². The number of nitrogens with zero attached hydrogens (tertiary/aromatic N) is 1. The van der Waals surface area contributed by atoms with Crippen LogP contribution in [0.1, 0.15) is 17.2 Å². The van der Waals surface area contributed by atoms with E-state index in [0.29, 0.717) is 16.1 Å². The van der Waals surface area contributed by atoms with Crippen LogP contribution < -0.4 is 5.73 Å². The molecule has 0 saturated heterocycles. The molecule has 150 valence electrons. The van der Waals surface area contributed by atoms with Crippen molar-refractivity contribution in [3.63, 3.8) is 0 Å². The summed E-state index contributed by atoms with van der Waals surface area (Å²) >= 11 is 5.88. The third kappa shape index (κ3) is 4.82. The summed E-state index contributed by atoms with van der Waals surface area (Å²) in [4.78, 5) is 12.3. The molecular weight excluding hydrogens is 415 g/mol. The normalized spacial score (nSPS) is 12.7. The van der Waals surface area contributed by atoms with Gasteiger partial charge in [-0.2, -0.15) is 4.31 Å². The van der Waals surface area contributed by atoms with E-state index in [0.717, 1.165) is 4.31 Å². The average Bonchev–Trinajstić information content (AvgIpc) is 2.70. The lowest BCUT2D eigenvalue weighted by Crippen LogP contribution is -2.41. The molecule has 3 aromatic carbocycles. The van der Waals surface area contributed by atoms with Crippen molar-refractivity contribution in [1.82, 2.24) is 4.31 Å². The largest absolute Gasteiger partial charge is 0.368 e. The van der Waals surface area contributed by atoms with Gasteiger partial charge in [0.05, 0.1) is 4.90 Å². The Morgan fingerprint density at radius 2 is 1.55 bits per heavy atom. The van der Waals surface area contributed by atoms with Gasteiger partial charge in [0.15, 0.2) is 0 Å². The minimum atomic E-state index is -4.14. The van der Waals surface area contributed by atoms with Crippen LogP contribution in [0.4, 0.5) is 4.39 Å². The van der Waals surface area contributed by atoms with Crippen LogP contribution >= 0.6 is 11.6 Å². The first-order valence-corrected chi connectivity index (χ1v) is 10.5. The van der Waals surface area contributed by atoms with Crippen molar-refractivity contribution in [1.29, 1.82) is 0 Å². The van der Waals surface area contributed by atoms with Gasteiger partial charge in [-0.25, -0.2) is 12.8 Å². The van der Waals surface area contributed by atoms with Crippen molar-refractivity contribution in [2.75, 3.05) is 0 Å². The van der Waals surface area contributed by atoms with E-state index in [1.54, 1.807) is 30.3 Å². The van der Waals surface area contributed by atoms with Crippen molar-refractivity contribution < 1.29 is 17.6 Å². The molecule has 0 bridgehead atoms. The molecule has 8 heteroatoms. The molecule has 5 nitrogen and oxygen atoms in total. The highest BCUT2D eigenvalue weighted by atomic mass is 35.5. The maximum Gasteiger partial charge on any atom is 0.244 e. The van der Waals surface area contributed by atoms with Gasteiger partial charge < -0.3 is 5.73 Å². The number of carbonyl (C=O) groups excluding carboxylic acids is 1. The molecule has 0 aromatic heterocycles. The van der Waals surface area contributed by atoms with E-state index < -0.39 is 27.8 Å². The first-order valence-electron chi connectivity index (χ1n) is 8.65. The zero-order chi connectivity index (χ0) is 21.0. The maximum absolute atomic E-state index is 13.4. The molecular formula is C21H18ClFN2O3S. The van der Waals surface area contributed by atoms with E-state index in [2.05, 4.69) is 0 Å². The predicted molar refractivity (Wildman–Crippen MR) is 109 cm³/mol. The van der Waals surface area contributed by atoms with E-state index in [-0.39, 0.29) is 11.4 Å². The lowest BCUT2D eigenvalue weighted by molar-refractivity contribution is -0.122. The SMILES string of the molecule is NC(=O)[C@@H](c1ccccc1)N(Cc1ccc(F)cc1)S(=O)(=O)c1ccc(Cl)cc1. The van der Waals surface area contributed by atoms with Crippen LogP contribution in [-0.4, -0.2) is 18.6 Å². The molecule has 0 fully saturated rings. The third-order valence-corrected chi connectivity index (χ3v) is 6.42. The highest BCUT2D eigenvalue weighted by Crippen LogP contribution is 2.30. The van der Waals surface area contributed by atoms with Crippen LogP contribution in [0, 0.1) is 5.82 Å².